The molecule has 0 bridgehead atoms. The summed E-state index contributed by atoms with van der Waals surface area (Å²) in [6, 6.07) is 5.78. The quantitative estimate of drug-likeness (QED) is 0.731. The third-order valence-corrected chi connectivity index (χ3v) is 2.54. The summed E-state index contributed by atoms with van der Waals surface area (Å²) in [6.45, 7) is 4.01. The average molecular weight is 216 g/mol. The van der Waals surface area contributed by atoms with E-state index in [4.69, 9.17) is 0 Å². The number of imide groups is 1. The van der Waals surface area contributed by atoms with Crippen LogP contribution in [-0.2, 0) is 9.59 Å². The summed E-state index contributed by atoms with van der Waals surface area (Å²) in [4.78, 5) is 22.2. The maximum Gasteiger partial charge on any atom is 0.274 e. The molecule has 0 saturated carbocycles. The van der Waals surface area contributed by atoms with Crippen molar-refractivity contribution in [2.75, 3.05) is 5.32 Å². The van der Waals surface area contributed by atoms with Gasteiger partial charge in [-0.15, -0.1) is 0 Å². The van der Waals surface area contributed by atoms with Crippen molar-refractivity contribution < 1.29 is 9.59 Å². The van der Waals surface area contributed by atoms with E-state index in [1.165, 1.54) is 11.6 Å². The monoisotopic (exact) mass is 216 g/mol. The number of aryl methyl sites for hydroxylation is 2. The lowest BCUT2D eigenvalue weighted by molar-refractivity contribution is -0.123. The maximum atomic E-state index is 11.3. The summed E-state index contributed by atoms with van der Waals surface area (Å²) in [5.74, 6) is -0.764. The van der Waals surface area contributed by atoms with Crippen molar-refractivity contribution in [2.24, 2.45) is 0 Å². The van der Waals surface area contributed by atoms with E-state index in [-0.39, 0.29) is 17.5 Å². The molecular weight excluding hydrogens is 204 g/mol. The number of nitrogens with one attached hydrogen (secondary N) is 2. The molecule has 1 aliphatic heterocycles. The molecule has 0 fully saturated rings. The molecule has 0 unspecified atom stereocenters. The minimum atomic E-state index is -0.386. The van der Waals surface area contributed by atoms with Gasteiger partial charge in [-0.2, -0.15) is 0 Å². The van der Waals surface area contributed by atoms with Crippen molar-refractivity contribution in [1.29, 1.82) is 0 Å². The molecule has 1 aromatic rings. The Balaban J connectivity index is 2.21. The third kappa shape index (κ3) is 1.95. The van der Waals surface area contributed by atoms with E-state index >= 15 is 0 Å². The minimum Gasteiger partial charge on any atom is -0.351 e. The van der Waals surface area contributed by atoms with Crippen LogP contribution < -0.4 is 10.6 Å². The van der Waals surface area contributed by atoms with Gasteiger partial charge in [-0.25, -0.2) is 0 Å². The normalized spacial score (nSPS) is 14.8. The predicted molar refractivity (Wildman–Crippen MR) is 60.8 cm³/mol. The molecule has 2 N–H and O–H groups in total. The first-order valence-corrected chi connectivity index (χ1v) is 4.97. The second kappa shape index (κ2) is 3.81. The molecule has 16 heavy (non-hydrogen) atoms. The molecular formula is C12H12N2O2. The zero-order valence-electron chi connectivity index (χ0n) is 9.13. The zero-order chi connectivity index (χ0) is 11.7. The summed E-state index contributed by atoms with van der Waals surface area (Å²) >= 11 is 0. The van der Waals surface area contributed by atoms with E-state index < -0.39 is 0 Å². The molecule has 0 aromatic heterocycles. The van der Waals surface area contributed by atoms with Crippen LogP contribution in [-0.4, -0.2) is 11.8 Å². The van der Waals surface area contributed by atoms with Crippen LogP contribution in [0, 0.1) is 13.8 Å². The summed E-state index contributed by atoms with van der Waals surface area (Å²) in [6.07, 6.45) is 1.26. The van der Waals surface area contributed by atoms with Crippen molar-refractivity contribution in [3.05, 3.63) is 41.1 Å². The van der Waals surface area contributed by atoms with E-state index in [2.05, 4.69) is 10.6 Å². The number of benzene rings is 1. The SMILES string of the molecule is Cc1ccc(NC2=CC(=O)NC2=O)cc1C. The summed E-state index contributed by atoms with van der Waals surface area (Å²) in [5.41, 5.74) is 3.41. The number of carbonyl (C=O) groups excluding carboxylic acids is 2. The first-order chi connectivity index (χ1) is 7.56. The molecule has 0 saturated heterocycles. The highest BCUT2D eigenvalue weighted by atomic mass is 16.2. The first kappa shape index (κ1) is 10.4. The van der Waals surface area contributed by atoms with Gasteiger partial charge in [-0.05, 0) is 37.1 Å². The first-order valence-electron chi connectivity index (χ1n) is 4.97. The van der Waals surface area contributed by atoms with Gasteiger partial charge in [0.1, 0.15) is 5.70 Å². The van der Waals surface area contributed by atoms with Gasteiger partial charge in [0.2, 0.25) is 0 Å². The van der Waals surface area contributed by atoms with Crippen molar-refractivity contribution in [3.63, 3.8) is 0 Å². The number of hydrogen-bond acceptors (Lipinski definition) is 3. The zero-order valence-corrected chi connectivity index (χ0v) is 9.13. The van der Waals surface area contributed by atoms with Gasteiger partial charge in [-0.3, -0.25) is 14.9 Å². The van der Waals surface area contributed by atoms with Gasteiger partial charge < -0.3 is 5.32 Å². The van der Waals surface area contributed by atoms with Crippen molar-refractivity contribution in [1.82, 2.24) is 5.32 Å². The molecule has 1 heterocycles. The smallest absolute Gasteiger partial charge is 0.274 e. The van der Waals surface area contributed by atoms with Crippen LogP contribution in [0.3, 0.4) is 0 Å². The lowest BCUT2D eigenvalue weighted by atomic mass is 10.1. The number of amides is 2. The standard InChI is InChI=1S/C12H12N2O2/c1-7-3-4-9(5-8(7)2)13-10-6-11(15)14-12(10)16/h3-6H,1-2H3,(H2,13,14,15,16). The fraction of sp³-hybridized carbons (Fsp3) is 0.167. The fourth-order valence-corrected chi connectivity index (χ4v) is 1.48. The van der Waals surface area contributed by atoms with Crippen LogP contribution >= 0.6 is 0 Å². The Labute approximate surface area is 93.3 Å². The number of rotatable bonds is 2. The van der Waals surface area contributed by atoms with Gasteiger partial charge in [0.25, 0.3) is 11.8 Å². The Kier molecular flexibility index (Phi) is 2.48. The van der Waals surface area contributed by atoms with Gasteiger partial charge in [0.05, 0.1) is 0 Å². The second-order valence-electron chi connectivity index (χ2n) is 3.80. The Bertz CT molecular complexity index is 504. The van der Waals surface area contributed by atoms with E-state index in [0.717, 1.165) is 11.3 Å². The van der Waals surface area contributed by atoms with Gasteiger partial charge >= 0.3 is 0 Å². The average Bonchev–Trinajstić information content (AvgIpc) is 2.51. The van der Waals surface area contributed by atoms with Crippen LogP contribution in [0.4, 0.5) is 5.69 Å². The Morgan fingerprint density at radius 2 is 1.88 bits per heavy atom. The Morgan fingerprint density at radius 1 is 1.12 bits per heavy atom. The lowest BCUT2D eigenvalue weighted by Crippen LogP contribution is -2.24. The summed E-state index contributed by atoms with van der Waals surface area (Å²) < 4.78 is 0. The molecule has 1 aliphatic rings. The lowest BCUT2D eigenvalue weighted by Gasteiger charge is -2.07. The molecule has 82 valence electrons. The largest absolute Gasteiger partial charge is 0.351 e. The molecule has 2 rings (SSSR count). The molecule has 2 amide bonds. The molecule has 0 spiro atoms. The highest BCUT2D eigenvalue weighted by Gasteiger charge is 2.20. The van der Waals surface area contributed by atoms with Crippen LogP contribution in [0.5, 0.6) is 0 Å². The summed E-state index contributed by atoms with van der Waals surface area (Å²) in [5, 5.41) is 5.10. The van der Waals surface area contributed by atoms with Crippen molar-refractivity contribution >= 4 is 17.5 Å². The molecule has 4 nitrogen and oxygen atoms in total. The predicted octanol–water partition coefficient (Wildman–Crippen LogP) is 1.26. The number of anilines is 1. The minimum absolute atomic E-state index is 0.285. The Morgan fingerprint density at radius 3 is 2.44 bits per heavy atom. The van der Waals surface area contributed by atoms with Crippen LogP contribution in [0.25, 0.3) is 0 Å². The van der Waals surface area contributed by atoms with E-state index in [0.29, 0.717) is 0 Å². The molecule has 0 radical (unpaired) electrons. The molecule has 4 heteroatoms. The second-order valence-corrected chi connectivity index (χ2v) is 3.80. The van der Waals surface area contributed by atoms with E-state index in [1.54, 1.807) is 0 Å². The number of hydrogen-bond donors (Lipinski definition) is 2. The molecule has 0 atom stereocenters. The van der Waals surface area contributed by atoms with Crippen LogP contribution in [0.1, 0.15) is 11.1 Å². The van der Waals surface area contributed by atoms with Crippen molar-refractivity contribution in [2.45, 2.75) is 13.8 Å². The van der Waals surface area contributed by atoms with Gasteiger partial charge in [0.15, 0.2) is 0 Å². The maximum absolute atomic E-state index is 11.3. The Hall–Kier alpha value is -2.10. The van der Waals surface area contributed by atoms with Crippen LogP contribution in [0.2, 0.25) is 0 Å². The van der Waals surface area contributed by atoms with E-state index in [1.807, 2.05) is 32.0 Å². The van der Waals surface area contributed by atoms with Gasteiger partial charge in [0, 0.05) is 11.8 Å². The van der Waals surface area contributed by atoms with Crippen molar-refractivity contribution in [3.8, 4) is 0 Å². The topological polar surface area (TPSA) is 58.2 Å². The highest BCUT2D eigenvalue weighted by Crippen LogP contribution is 2.16. The summed E-state index contributed by atoms with van der Waals surface area (Å²) in [7, 11) is 0. The van der Waals surface area contributed by atoms with Gasteiger partial charge in [-0.1, -0.05) is 6.07 Å². The van der Waals surface area contributed by atoms with E-state index in [9.17, 15) is 9.59 Å². The fourth-order valence-electron chi connectivity index (χ4n) is 1.48. The number of carbonyl (C=O) groups is 2. The third-order valence-electron chi connectivity index (χ3n) is 2.54. The van der Waals surface area contributed by atoms with Crippen LogP contribution in [0.15, 0.2) is 30.0 Å². The molecule has 0 aliphatic carbocycles. The molecule has 1 aromatic carbocycles. The highest BCUT2D eigenvalue weighted by molar-refractivity contribution is 6.17.